The van der Waals surface area contributed by atoms with E-state index in [2.05, 4.69) is 20.5 Å². The van der Waals surface area contributed by atoms with Crippen LogP contribution in [0, 0.1) is 0 Å². The number of aromatic nitrogens is 4. The first-order valence-corrected chi connectivity index (χ1v) is 8.92. The Kier molecular flexibility index (Phi) is 4.32. The van der Waals surface area contributed by atoms with Gasteiger partial charge in [0.2, 0.25) is 5.95 Å². The molecule has 0 aliphatic carbocycles. The fourth-order valence-corrected chi connectivity index (χ4v) is 3.27. The summed E-state index contributed by atoms with van der Waals surface area (Å²) in [5.74, 6) is 0.849. The molecule has 1 amide bonds. The van der Waals surface area contributed by atoms with Crippen molar-refractivity contribution in [3.8, 4) is 16.3 Å². The molecule has 0 atom stereocenters. The first kappa shape index (κ1) is 16.2. The van der Waals surface area contributed by atoms with Crippen LogP contribution in [-0.4, -0.2) is 32.1 Å². The van der Waals surface area contributed by atoms with Crippen LogP contribution in [-0.2, 0) is 0 Å². The summed E-state index contributed by atoms with van der Waals surface area (Å²) in [6.45, 7) is 2.57. The van der Waals surface area contributed by atoms with E-state index in [9.17, 15) is 4.79 Å². The molecule has 0 spiro atoms. The lowest BCUT2D eigenvalue weighted by atomic mass is 10.2. The Balaban J connectivity index is 1.52. The number of ether oxygens (including phenoxy) is 1. The molecule has 1 aromatic carbocycles. The molecule has 0 radical (unpaired) electrons. The summed E-state index contributed by atoms with van der Waals surface area (Å²) in [7, 11) is 0. The fraction of sp³-hybridized carbons (Fsp3) is 0.111. The lowest BCUT2D eigenvalue weighted by Crippen LogP contribution is -2.14. The van der Waals surface area contributed by atoms with Gasteiger partial charge >= 0.3 is 0 Å². The summed E-state index contributed by atoms with van der Waals surface area (Å²) in [5.41, 5.74) is 1.94. The lowest BCUT2D eigenvalue weighted by molar-refractivity contribution is 0.102. The summed E-state index contributed by atoms with van der Waals surface area (Å²) < 4.78 is 7.14. The maximum absolute atomic E-state index is 12.5. The molecule has 7 nitrogen and oxygen atoms in total. The number of nitrogens with one attached hydrogen (secondary N) is 1. The molecule has 0 unspecified atom stereocenters. The summed E-state index contributed by atoms with van der Waals surface area (Å²) in [6.07, 6.45) is 1.79. The SMILES string of the molecule is CCOc1ccc(-c2nc(C(=O)Nc3nnc4ccccn34)cs2)cc1. The molecule has 3 heterocycles. The van der Waals surface area contributed by atoms with Crippen molar-refractivity contribution >= 4 is 28.8 Å². The summed E-state index contributed by atoms with van der Waals surface area (Å²) in [6, 6.07) is 13.2. The first-order valence-electron chi connectivity index (χ1n) is 8.04. The number of pyridine rings is 1. The Morgan fingerprint density at radius 2 is 2.04 bits per heavy atom. The van der Waals surface area contributed by atoms with Gasteiger partial charge in [0.05, 0.1) is 6.61 Å². The van der Waals surface area contributed by atoms with Gasteiger partial charge < -0.3 is 4.74 Å². The number of benzene rings is 1. The molecular formula is C18H15N5O2S. The van der Waals surface area contributed by atoms with Crippen molar-refractivity contribution in [3.05, 3.63) is 59.7 Å². The number of carbonyl (C=O) groups excluding carboxylic acids is 1. The monoisotopic (exact) mass is 365 g/mol. The molecule has 130 valence electrons. The maximum Gasteiger partial charge on any atom is 0.277 e. The van der Waals surface area contributed by atoms with Crippen molar-refractivity contribution in [2.45, 2.75) is 6.92 Å². The lowest BCUT2D eigenvalue weighted by Gasteiger charge is -2.03. The minimum absolute atomic E-state index is 0.323. The molecule has 0 saturated carbocycles. The van der Waals surface area contributed by atoms with Crippen molar-refractivity contribution < 1.29 is 9.53 Å². The molecule has 1 N–H and O–H groups in total. The van der Waals surface area contributed by atoms with E-state index in [1.165, 1.54) is 11.3 Å². The number of rotatable bonds is 5. The average Bonchev–Trinajstić information content (AvgIpc) is 3.31. The number of fused-ring (bicyclic) bond motifs is 1. The van der Waals surface area contributed by atoms with E-state index in [0.29, 0.717) is 23.9 Å². The number of thiazole rings is 1. The van der Waals surface area contributed by atoms with Crippen LogP contribution in [0.15, 0.2) is 54.0 Å². The van der Waals surface area contributed by atoms with Crippen LogP contribution in [0.5, 0.6) is 5.75 Å². The van der Waals surface area contributed by atoms with Crippen molar-refractivity contribution in [2.75, 3.05) is 11.9 Å². The second-order valence-corrected chi connectivity index (χ2v) is 6.26. The second kappa shape index (κ2) is 6.93. The third kappa shape index (κ3) is 3.14. The molecule has 0 aliphatic heterocycles. The van der Waals surface area contributed by atoms with Gasteiger partial charge in [-0.2, -0.15) is 0 Å². The van der Waals surface area contributed by atoms with Gasteiger partial charge in [-0.05, 0) is 43.3 Å². The molecule has 0 saturated heterocycles. The highest BCUT2D eigenvalue weighted by Crippen LogP contribution is 2.26. The Morgan fingerprint density at radius 1 is 1.19 bits per heavy atom. The predicted molar refractivity (Wildman–Crippen MR) is 99.7 cm³/mol. The summed E-state index contributed by atoms with van der Waals surface area (Å²) >= 11 is 1.41. The predicted octanol–water partition coefficient (Wildman–Crippen LogP) is 3.50. The molecule has 0 bridgehead atoms. The summed E-state index contributed by atoms with van der Waals surface area (Å²) in [5, 5.41) is 13.2. The normalized spacial score (nSPS) is 10.8. The average molecular weight is 365 g/mol. The van der Waals surface area contributed by atoms with E-state index >= 15 is 0 Å². The number of hydrogen-bond donors (Lipinski definition) is 1. The van der Waals surface area contributed by atoms with E-state index in [1.807, 2.05) is 49.4 Å². The van der Waals surface area contributed by atoms with Gasteiger partial charge in [0, 0.05) is 17.1 Å². The highest BCUT2D eigenvalue weighted by molar-refractivity contribution is 7.13. The number of amides is 1. The molecule has 4 aromatic rings. The molecule has 26 heavy (non-hydrogen) atoms. The molecule has 0 fully saturated rings. The highest BCUT2D eigenvalue weighted by atomic mass is 32.1. The Bertz CT molecular complexity index is 1050. The van der Waals surface area contributed by atoms with Gasteiger partial charge in [-0.25, -0.2) is 4.98 Å². The van der Waals surface area contributed by atoms with Crippen molar-refractivity contribution in [1.82, 2.24) is 19.6 Å². The maximum atomic E-state index is 12.5. The molecule has 0 aliphatic rings. The largest absolute Gasteiger partial charge is 0.494 e. The minimum Gasteiger partial charge on any atom is -0.494 e. The number of nitrogens with zero attached hydrogens (tertiary/aromatic N) is 4. The van der Waals surface area contributed by atoms with Crippen LogP contribution in [0.2, 0.25) is 0 Å². The number of hydrogen-bond acceptors (Lipinski definition) is 6. The first-order chi connectivity index (χ1) is 12.7. The highest BCUT2D eigenvalue weighted by Gasteiger charge is 2.15. The third-order valence-electron chi connectivity index (χ3n) is 3.69. The zero-order chi connectivity index (χ0) is 17.9. The van der Waals surface area contributed by atoms with E-state index < -0.39 is 0 Å². The summed E-state index contributed by atoms with van der Waals surface area (Å²) in [4.78, 5) is 16.9. The molecule has 8 heteroatoms. The Morgan fingerprint density at radius 3 is 2.85 bits per heavy atom. The van der Waals surface area contributed by atoms with Crippen LogP contribution < -0.4 is 10.1 Å². The third-order valence-corrected chi connectivity index (χ3v) is 4.58. The van der Waals surface area contributed by atoms with E-state index in [-0.39, 0.29) is 5.91 Å². The number of carbonyl (C=O) groups is 1. The Hall–Kier alpha value is -3.26. The zero-order valence-corrected chi connectivity index (χ0v) is 14.7. The zero-order valence-electron chi connectivity index (χ0n) is 13.9. The van der Waals surface area contributed by atoms with Crippen molar-refractivity contribution in [3.63, 3.8) is 0 Å². The van der Waals surface area contributed by atoms with Crippen LogP contribution in [0.1, 0.15) is 17.4 Å². The van der Waals surface area contributed by atoms with E-state index in [4.69, 9.17) is 4.74 Å². The smallest absolute Gasteiger partial charge is 0.277 e. The van der Waals surface area contributed by atoms with Gasteiger partial charge in [-0.1, -0.05) is 6.07 Å². The number of anilines is 1. The molecule has 3 aromatic heterocycles. The molecular weight excluding hydrogens is 350 g/mol. The second-order valence-electron chi connectivity index (χ2n) is 5.40. The minimum atomic E-state index is -0.323. The van der Waals surface area contributed by atoms with Gasteiger partial charge in [0.25, 0.3) is 5.91 Å². The van der Waals surface area contributed by atoms with E-state index in [1.54, 1.807) is 16.0 Å². The Labute approximate surface area is 153 Å². The topological polar surface area (TPSA) is 81.4 Å². The molecule has 4 rings (SSSR count). The van der Waals surface area contributed by atoms with Crippen molar-refractivity contribution in [1.29, 1.82) is 0 Å². The van der Waals surface area contributed by atoms with Crippen LogP contribution in [0.3, 0.4) is 0 Å². The fourth-order valence-electron chi connectivity index (χ4n) is 2.46. The van der Waals surface area contributed by atoms with Crippen molar-refractivity contribution in [2.24, 2.45) is 0 Å². The van der Waals surface area contributed by atoms with E-state index in [0.717, 1.165) is 16.3 Å². The van der Waals surface area contributed by atoms with Gasteiger partial charge in [-0.3, -0.25) is 14.5 Å². The van der Waals surface area contributed by atoms with Gasteiger partial charge in [-0.15, -0.1) is 21.5 Å². The van der Waals surface area contributed by atoms with Crippen LogP contribution in [0.4, 0.5) is 5.95 Å². The standard InChI is InChI=1S/C18H15N5O2S/c1-2-25-13-8-6-12(7-9-13)17-19-14(11-26-17)16(24)20-18-22-21-15-5-3-4-10-23(15)18/h3-11H,2H2,1H3,(H,20,22,24). The van der Waals surface area contributed by atoms with Gasteiger partial charge in [0.1, 0.15) is 16.5 Å². The quantitative estimate of drug-likeness (QED) is 0.585. The van der Waals surface area contributed by atoms with Gasteiger partial charge in [0.15, 0.2) is 5.65 Å². The van der Waals surface area contributed by atoms with Crippen LogP contribution >= 0.6 is 11.3 Å². The van der Waals surface area contributed by atoms with Crippen LogP contribution in [0.25, 0.3) is 16.2 Å².